The molecule has 2 fully saturated rings. The van der Waals surface area contributed by atoms with Crippen LogP contribution >= 0.6 is 0 Å². The van der Waals surface area contributed by atoms with E-state index in [0.717, 1.165) is 23.7 Å². The Kier molecular flexibility index (Phi) is 8.08. The van der Waals surface area contributed by atoms with Crippen molar-refractivity contribution in [2.24, 2.45) is 17.8 Å². The van der Waals surface area contributed by atoms with Gasteiger partial charge < -0.3 is 0 Å². The molecule has 0 heteroatoms. The van der Waals surface area contributed by atoms with Gasteiger partial charge in [-0.1, -0.05) is 76.6 Å². The lowest BCUT2D eigenvalue weighted by molar-refractivity contribution is 0.158. The molecule has 26 heavy (non-hydrogen) atoms. The first-order valence-electron chi connectivity index (χ1n) is 11.9. The molecule has 1 aromatic carbocycles. The van der Waals surface area contributed by atoms with Crippen LogP contribution in [0.5, 0.6) is 0 Å². The summed E-state index contributed by atoms with van der Waals surface area (Å²) in [5, 5.41) is 0. The maximum absolute atomic E-state index is 2.45. The van der Waals surface area contributed by atoms with Crippen LogP contribution in [0.1, 0.15) is 114 Å². The van der Waals surface area contributed by atoms with E-state index >= 15 is 0 Å². The highest BCUT2D eigenvalue weighted by Crippen LogP contribution is 2.44. The molecular weight excluding hydrogens is 312 g/mol. The van der Waals surface area contributed by atoms with Crippen LogP contribution in [0, 0.1) is 17.8 Å². The van der Waals surface area contributed by atoms with Gasteiger partial charge in [0, 0.05) is 0 Å². The second-order valence-corrected chi connectivity index (χ2v) is 9.35. The molecule has 2 saturated carbocycles. The molecule has 146 valence electrons. The molecule has 0 radical (unpaired) electrons. The standard InChI is InChI=1S/C26H42/c1-3-5-6-7-8-22-11-15-24(16-12-22)26-19-17-25(18-20-26)23-13-9-21(4-2)10-14-23/h11-12,15-16,21,23,25-26H,3-10,13-14,17-20H2,1-2H3. The highest BCUT2D eigenvalue weighted by molar-refractivity contribution is 5.26. The quantitative estimate of drug-likeness (QED) is 0.412. The van der Waals surface area contributed by atoms with Crippen LogP contribution in [0.2, 0.25) is 0 Å². The molecule has 0 aromatic heterocycles. The largest absolute Gasteiger partial charge is 0.0654 e. The van der Waals surface area contributed by atoms with Gasteiger partial charge in [-0.05, 0) is 86.2 Å². The molecule has 0 N–H and O–H groups in total. The summed E-state index contributed by atoms with van der Waals surface area (Å²) in [5.41, 5.74) is 3.17. The Hall–Kier alpha value is -0.780. The van der Waals surface area contributed by atoms with E-state index in [1.165, 1.54) is 89.9 Å². The summed E-state index contributed by atoms with van der Waals surface area (Å²) in [6.45, 7) is 4.67. The van der Waals surface area contributed by atoms with Gasteiger partial charge in [0.15, 0.2) is 0 Å². The van der Waals surface area contributed by atoms with Gasteiger partial charge in [0.25, 0.3) is 0 Å². The summed E-state index contributed by atoms with van der Waals surface area (Å²) in [7, 11) is 0. The first kappa shape index (κ1) is 20.0. The molecule has 0 atom stereocenters. The third-order valence-corrected chi connectivity index (χ3v) is 7.68. The van der Waals surface area contributed by atoms with Crippen LogP contribution in [-0.2, 0) is 6.42 Å². The number of rotatable bonds is 8. The zero-order chi connectivity index (χ0) is 18.2. The summed E-state index contributed by atoms with van der Waals surface area (Å²) in [4.78, 5) is 0. The van der Waals surface area contributed by atoms with Gasteiger partial charge in [-0.2, -0.15) is 0 Å². The fourth-order valence-electron chi connectivity index (χ4n) is 5.70. The van der Waals surface area contributed by atoms with Crippen LogP contribution in [0.3, 0.4) is 0 Å². The van der Waals surface area contributed by atoms with Crippen molar-refractivity contribution in [3.63, 3.8) is 0 Å². The molecular formula is C26H42. The summed E-state index contributed by atoms with van der Waals surface area (Å²) >= 11 is 0. The van der Waals surface area contributed by atoms with Gasteiger partial charge in [0.1, 0.15) is 0 Å². The van der Waals surface area contributed by atoms with Crippen molar-refractivity contribution in [2.75, 3.05) is 0 Å². The summed E-state index contributed by atoms with van der Waals surface area (Å²) in [6, 6.07) is 9.73. The molecule has 0 nitrogen and oxygen atoms in total. The molecule has 2 aliphatic rings. The van der Waals surface area contributed by atoms with Crippen molar-refractivity contribution in [1.82, 2.24) is 0 Å². The van der Waals surface area contributed by atoms with Crippen LogP contribution < -0.4 is 0 Å². The minimum Gasteiger partial charge on any atom is -0.0654 e. The summed E-state index contributed by atoms with van der Waals surface area (Å²) < 4.78 is 0. The van der Waals surface area contributed by atoms with E-state index in [2.05, 4.69) is 38.1 Å². The third-order valence-electron chi connectivity index (χ3n) is 7.68. The lowest BCUT2D eigenvalue weighted by Gasteiger charge is -2.38. The van der Waals surface area contributed by atoms with Gasteiger partial charge in [-0.25, -0.2) is 0 Å². The molecule has 0 spiro atoms. The Morgan fingerprint density at radius 3 is 1.88 bits per heavy atom. The van der Waals surface area contributed by atoms with Crippen LogP contribution in [0.25, 0.3) is 0 Å². The van der Waals surface area contributed by atoms with Crippen LogP contribution in [-0.4, -0.2) is 0 Å². The predicted octanol–water partition coefficient (Wildman–Crippen LogP) is 8.30. The van der Waals surface area contributed by atoms with E-state index < -0.39 is 0 Å². The zero-order valence-corrected chi connectivity index (χ0v) is 17.5. The Labute approximate surface area is 163 Å². The maximum Gasteiger partial charge on any atom is -0.0162 e. The van der Waals surface area contributed by atoms with E-state index in [1.807, 2.05) is 0 Å². The van der Waals surface area contributed by atoms with Gasteiger partial charge >= 0.3 is 0 Å². The highest BCUT2D eigenvalue weighted by atomic mass is 14.4. The van der Waals surface area contributed by atoms with Crippen molar-refractivity contribution in [2.45, 2.75) is 110 Å². The molecule has 0 heterocycles. The number of hydrogen-bond donors (Lipinski definition) is 0. The number of benzene rings is 1. The fraction of sp³-hybridized carbons (Fsp3) is 0.769. The highest BCUT2D eigenvalue weighted by Gasteiger charge is 2.30. The monoisotopic (exact) mass is 354 g/mol. The van der Waals surface area contributed by atoms with E-state index in [1.54, 1.807) is 11.1 Å². The van der Waals surface area contributed by atoms with Gasteiger partial charge in [0.2, 0.25) is 0 Å². The molecule has 3 rings (SSSR count). The molecule has 1 aromatic rings. The molecule has 0 aliphatic heterocycles. The molecule has 0 saturated heterocycles. The Bertz CT molecular complexity index is 483. The van der Waals surface area contributed by atoms with E-state index in [9.17, 15) is 0 Å². The predicted molar refractivity (Wildman–Crippen MR) is 115 cm³/mol. The number of hydrogen-bond acceptors (Lipinski definition) is 0. The van der Waals surface area contributed by atoms with Crippen molar-refractivity contribution < 1.29 is 0 Å². The average Bonchev–Trinajstić information content (AvgIpc) is 2.72. The molecule has 0 unspecified atom stereocenters. The topological polar surface area (TPSA) is 0 Å². The Morgan fingerprint density at radius 1 is 0.692 bits per heavy atom. The average molecular weight is 355 g/mol. The lowest BCUT2D eigenvalue weighted by Crippen LogP contribution is -2.25. The van der Waals surface area contributed by atoms with E-state index in [4.69, 9.17) is 0 Å². The Balaban J connectivity index is 1.41. The van der Waals surface area contributed by atoms with Gasteiger partial charge in [0.05, 0.1) is 0 Å². The zero-order valence-electron chi connectivity index (χ0n) is 17.5. The van der Waals surface area contributed by atoms with Crippen LogP contribution in [0.15, 0.2) is 24.3 Å². The first-order chi connectivity index (χ1) is 12.8. The fourth-order valence-corrected chi connectivity index (χ4v) is 5.70. The van der Waals surface area contributed by atoms with E-state index in [0.29, 0.717) is 0 Å². The second kappa shape index (κ2) is 10.5. The minimum absolute atomic E-state index is 0.840. The molecule has 0 bridgehead atoms. The summed E-state index contributed by atoms with van der Waals surface area (Å²) in [5.74, 6) is 3.99. The SMILES string of the molecule is CCCCCCc1ccc(C2CCC(C3CCC(CC)CC3)CC2)cc1. The third kappa shape index (κ3) is 5.61. The minimum atomic E-state index is 0.840. The van der Waals surface area contributed by atoms with Crippen molar-refractivity contribution in [3.05, 3.63) is 35.4 Å². The van der Waals surface area contributed by atoms with Crippen molar-refractivity contribution in [3.8, 4) is 0 Å². The number of aryl methyl sites for hydroxylation is 1. The second-order valence-electron chi connectivity index (χ2n) is 9.35. The van der Waals surface area contributed by atoms with Gasteiger partial charge in [-0.15, -0.1) is 0 Å². The van der Waals surface area contributed by atoms with Gasteiger partial charge in [-0.3, -0.25) is 0 Å². The van der Waals surface area contributed by atoms with Crippen molar-refractivity contribution in [1.29, 1.82) is 0 Å². The van der Waals surface area contributed by atoms with Crippen LogP contribution in [0.4, 0.5) is 0 Å². The molecule has 2 aliphatic carbocycles. The summed E-state index contributed by atoms with van der Waals surface area (Å²) in [6.07, 6.45) is 20.1. The maximum atomic E-state index is 2.45. The van der Waals surface area contributed by atoms with E-state index in [-0.39, 0.29) is 0 Å². The van der Waals surface area contributed by atoms with Crippen molar-refractivity contribution >= 4 is 0 Å². The smallest absolute Gasteiger partial charge is 0.0162 e. The lowest BCUT2D eigenvalue weighted by atomic mass is 9.68. The first-order valence-corrected chi connectivity index (χ1v) is 11.9. The number of unbranched alkanes of at least 4 members (excludes halogenated alkanes) is 3. The normalized spacial score (nSPS) is 29.6. The Morgan fingerprint density at radius 2 is 1.31 bits per heavy atom. The molecule has 0 amide bonds.